The first-order chi connectivity index (χ1) is 17.0. The molecule has 9 nitrogen and oxygen atoms in total. The first-order valence-electron chi connectivity index (χ1n) is 11.5. The Bertz CT molecular complexity index is 1400. The number of pyridine rings is 2. The largest absolute Gasteiger partial charge is 0.481 e. The van der Waals surface area contributed by atoms with Gasteiger partial charge in [-0.25, -0.2) is 15.0 Å². The molecule has 0 unspecified atom stereocenters. The van der Waals surface area contributed by atoms with Gasteiger partial charge in [-0.1, -0.05) is 29.5 Å². The third kappa shape index (κ3) is 5.16. The Balaban J connectivity index is 1.47. The van der Waals surface area contributed by atoms with Crippen molar-refractivity contribution in [3.8, 4) is 5.88 Å². The molecule has 1 aliphatic rings. The summed E-state index contributed by atoms with van der Waals surface area (Å²) in [5, 5.41) is 26.3. The van der Waals surface area contributed by atoms with E-state index in [0.717, 1.165) is 35.4 Å². The Hall–Kier alpha value is -3.02. The predicted octanol–water partition coefficient (Wildman–Crippen LogP) is 1.87. The zero-order valence-electron chi connectivity index (χ0n) is 19.3. The fraction of sp³-hybridized carbons (Fsp3) is 0.360. The highest BCUT2D eigenvalue weighted by atomic mass is 32.1. The van der Waals surface area contributed by atoms with Gasteiger partial charge in [-0.2, -0.15) is 0 Å². The SMILES string of the molecule is COc1ccc2cccc([C@@H](O)CN(Cc3ccc4ncc(=O)sc4n3)[C@H]3CCNC[C@@H]3O)c2n1. The van der Waals surface area contributed by atoms with Gasteiger partial charge in [-0.15, -0.1) is 0 Å². The summed E-state index contributed by atoms with van der Waals surface area (Å²) in [5.41, 5.74) is 2.80. The van der Waals surface area contributed by atoms with E-state index in [1.54, 1.807) is 13.2 Å². The number of nitrogens with one attached hydrogen (secondary N) is 1. The molecular weight excluding hydrogens is 466 g/mol. The number of ether oxygens (including phenoxy) is 1. The third-order valence-electron chi connectivity index (χ3n) is 6.35. The number of methoxy groups -OCH3 is 1. The van der Waals surface area contributed by atoms with E-state index in [9.17, 15) is 15.0 Å². The molecule has 1 fully saturated rings. The Kier molecular flexibility index (Phi) is 6.98. The van der Waals surface area contributed by atoms with E-state index in [2.05, 4.69) is 25.2 Å². The van der Waals surface area contributed by atoms with Crippen LogP contribution in [0.15, 0.2) is 53.5 Å². The van der Waals surface area contributed by atoms with Crippen molar-refractivity contribution in [1.82, 2.24) is 25.2 Å². The number of aliphatic hydroxyl groups excluding tert-OH is 2. The van der Waals surface area contributed by atoms with E-state index in [0.29, 0.717) is 40.4 Å². The highest BCUT2D eigenvalue weighted by Gasteiger charge is 2.31. The highest BCUT2D eigenvalue weighted by Crippen LogP contribution is 2.28. The molecule has 4 aromatic rings. The maximum absolute atomic E-state index is 11.8. The van der Waals surface area contributed by atoms with Gasteiger partial charge >= 0.3 is 0 Å². The van der Waals surface area contributed by atoms with Crippen LogP contribution in [-0.4, -0.2) is 69.0 Å². The topological polar surface area (TPSA) is 121 Å². The molecule has 0 bridgehead atoms. The van der Waals surface area contributed by atoms with Crippen LogP contribution in [0, 0.1) is 0 Å². The first kappa shape index (κ1) is 23.7. The molecule has 1 saturated heterocycles. The number of aliphatic hydroxyl groups is 2. The van der Waals surface area contributed by atoms with Crippen molar-refractivity contribution in [2.24, 2.45) is 0 Å². The van der Waals surface area contributed by atoms with Crippen molar-refractivity contribution >= 4 is 32.6 Å². The fourth-order valence-corrected chi connectivity index (χ4v) is 5.30. The molecule has 3 aromatic heterocycles. The minimum Gasteiger partial charge on any atom is -0.481 e. The van der Waals surface area contributed by atoms with Crippen LogP contribution >= 0.6 is 11.3 Å². The monoisotopic (exact) mass is 493 g/mol. The zero-order chi connectivity index (χ0) is 24.4. The van der Waals surface area contributed by atoms with Gasteiger partial charge in [-0.05, 0) is 31.2 Å². The molecule has 1 aromatic carbocycles. The number of hydrogen-bond donors (Lipinski definition) is 3. The number of fused-ring (bicyclic) bond motifs is 2. The van der Waals surface area contributed by atoms with E-state index in [-0.39, 0.29) is 17.3 Å². The maximum atomic E-state index is 11.8. The van der Waals surface area contributed by atoms with Gasteiger partial charge in [0.15, 0.2) is 0 Å². The Morgan fingerprint density at radius 2 is 2.11 bits per heavy atom. The van der Waals surface area contributed by atoms with Crippen molar-refractivity contribution < 1.29 is 14.9 Å². The van der Waals surface area contributed by atoms with Gasteiger partial charge in [0.1, 0.15) is 4.83 Å². The van der Waals surface area contributed by atoms with Crippen LogP contribution in [0.1, 0.15) is 23.8 Å². The van der Waals surface area contributed by atoms with Gasteiger partial charge in [0.25, 0.3) is 4.74 Å². The molecule has 5 rings (SSSR count). The van der Waals surface area contributed by atoms with Crippen molar-refractivity contribution in [3.63, 3.8) is 0 Å². The van der Waals surface area contributed by atoms with Crippen molar-refractivity contribution in [2.45, 2.75) is 31.2 Å². The molecule has 0 aliphatic carbocycles. The minimum atomic E-state index is -0.849. The number of para-hydroxylation sites is 1. The lowest BCUT2D eigenvalue weighted by Crippen LogP contribution is -2.53. The van der Waals surface area contributed by atoms with Crippen LogP contribution in [0.25, 0.3) is 21.3 Å². The summed E-state index contributed by atoms with van der Waals surface area (Å²) in [5.74, 6) is 0.482. The molecule has 3 atom stereocenters. The van der Waals surface area contributed by atoms with Gasteiger partial charge in [0, 0.05) is 42.7 Å². The predicted molar refractivity (Wildman–Crippen MR) is 135 cm³/mol. The van der Waals surface area contributed by atoms with Crippen LogP contribution in [0.3, 0.4) is 0 Å². The van der Waals surface area contributed by atoms with E-state index >= 15 is 0 Å². The van der Waals surface area contributed by atoms with Gasteiger partial charge in [0.05, 0.1) is 42.2 Å². The maximum Gasteiger partial charge on any atom is 0.252 e. The first-order valence-corrected chi connectivity index (χ1v) is 12.3. The van der Waals surface area contributed by atoms with Crippen LogP contribution < -0.4 is 14.8 Å². The van der Waals surface area contributed by atoms with E-state index < -0.39 is 12.2 Å². The van der Waals surface area contributed by atoms with E-state index in [1.807, 2.05) is 36.4 Å². The lowest BCUT2D eigenvalue weighted by Gasteiger charge is -2.38. The van der Waals surface area contributed by atoms with E-state index in [1.165, 1.54) is 6.20 Å². The average molecular weight is 494 g/mol. The normalized spacial score (nSPS) is 19.3. The summed E-state index contributed by atoms with van der Waals surface area (Å²) >= 11 is 1.06. The molecule has 1 aliphatic heterocycles. The number of piperidine rings is 1. The Morgan fingerprint density at radius 3 is 2.94 bits per heavy atom. The second kappa shape index (κ2) is 10.3. The second-order valence-corrected chi connectivity index (χ2v) is 9.64. The quantitative estimate of drug-likeness (QED) is 0.354. The van der Waals surface area contributed by atoms with Crippen molar-refractivity contribution in [1.29, 1.82) is 0 Å². The fourth-order valence-electron chi connectivity index (χ4n) is 4.61. The lowest BCUT2D eigenvalue weighted by molar-refractivity contribution is -0.0000824. The van der Waals surface area contributed by atoms with Gasteiger partial charge in [0.2, 0.25) is 5.88 Å². The average Bonchev–Trinajstić information content (AvgIpc) is 2.87. The number of aromatic nitrogens is 3. The van der Waals surface area contributed by atoms with Crippen LogP contribution in [0.2, 0.25) is 0 Å². The molecule has 0 amide bonds. The standard InChI is InChI=1S/C25H27N5O4S/c1-34-22-8-5-15-3-2-4-17(24(15)29-22)21(32)14-30(19-9-10-26-11-20(19)31)13-16-6-7-18-25(28-16)35-23(33)12-27-18/h2-8,12,19-21,26,31-32H,9-11,13-14H2,1H3/t19-,20-,21-/m0/s1. The van der Waals surface area contributed by atoms with Gasteiger partial charge in [-0.3, -0.25) is 9.69 Å². The van der Waals surface area contributed by atoms with Crippen LogP contribution in [-0.2, 0) is 6.54 Å². The smallest absolute Gasteiger partial charge is 0.252 e. The number of hydrogen-bond acceptors (Lipinski definition) is 10. The number of nitrogens with zero attached hydrogens (tertiary/aromatic N) is 4. The summed E-state index contributed by atoms with van der Waals surface area (Å²) in [6.45, 7) is 1.95. The molecule has 10 heteroatoms. The van der Waals surface area contributed by atoms with Crippen molar-refractivity contribution in [2.75, 3.05) is 26.7 Å². The summed E-state index contributed by atoms with van der Waals surface area (Å²) in [6, 6.07) is 13.0. The molecular formula is C25H27N5O4S. The molecule has 0 saturated carbocycles. The van der Waals surface area contributed by atoms with Crippen molar-refractivity contribution in [3.05, 3.63) is 69.5 Å². The summed E-state index contributed by atoms with van der Waals surface area (Å²) in [4.78, 5) is 27.8. The molecule has 0 radical (unpaired) electrons. The number of rotatable bonds is 7. The second-order valence-electron chi connectivity index (χ2n) is 8.65. The zero-order valence-corrected chi connectivity index (χ0v) is 20.1. The number of benzene rings is 1. The number of β-amino-alcohol motifs (C(OH)–C–C–N with tert-alkyl or cyclic N) is 1. The van der Waals surface area contributed by atoms with Gasteiger partial charge < -0.3 is 20.3 Å². The Morgan fingerprint density at radius 1 is 1.23 bits per heavy atom. The minimum absolute atomic E-state index is 0.151. The summed E-state index contributed by atoms with van der Waals surface area (Å²) in [6.07, 6.45) is 0.603. The summed E-state index contributed by atoms with van der Waals surface area (Å²) < 4.78 is 5.14. The molecule has 35 heavy (non-hydrogen) atoms. The van der Waals surface area contributed by atoms with Crippen LogP contribution in [0.4, 0.5) is 0 Å². The molecule has 4 heterocycles. The third-order valence-corrected chi connectivity index (χ3v) is 7.15. The lowest BCUT2D eigenvalue weighted by atomic mass is 9.99. The molecule has 182 valence electrons. The molecule has 0 spiro atoms. The summed E-state index contributed by atoms with van der Waals surface area (Å²) in [7, 11) is 1.57. The Labute approximate surface area is 206 Å². The highest BCUT2D eigenvalue weighted by molar-refractivity contribution is 7.15. The van der Waals surface area contributed by atoms with Crippen LogP contribution in [0.5, 0.6) is 5.88 Å². The van der Waals surface area contributed by atoms with E-state index in [4.69, 9.17) is 4.74 Å². The molecule has 3 N–H and O–H groups in total.